The number of carbonyl (C=O) groups excluding carboxylic acids is 3. The third-order valence-corrected chi connectivity index (χ3v) is 7.98. The minimum Gasteiger partial charge on any atom is -0.462 e. The largest absolute Gasteiger partial charge is 0.462 e. The number of nitrogens with one attached hydrogen (secondary N) is 3. The summed E-state index contributed by atoms with van der Waals surface area (Å²) in [5.74, 6) is 1.78. The Bertz CT molecular complexity index is 1210. The molecule has 3 rings (SSSR count). The molecule has 0 bridgehead atoms. The van der Waals surface area contributed by atoms with E-state index >= 15 is 0 Å². The number of carbonyl (C=O) groups is 3. The summed E-state index contributed by atoms with van der Waals surface area (Å²) in [6.07, 6.45) is 1.89. The number of hydrogen-bond donors (Lipinski definition) is 3. The number of rotatable bonds is 14. The lowest BCUT2D eigenvalue weighted by molar-refractivity contribution is -0.138. The van der Waals surface area contributed by atoms with Crippen molar-refractivity contribution in [2.45, 2.75) is 65.5 Å². The quantitative estimate of drug-likeness (QED) is 0.176. The molecule has 0 aliphatic rings. The first-order chi connectivity index (χ1) is 19.5. The zero-order valence-corrected chi connectivity index (χ0v) is 26.8. The monoisotopic (exact) mass is 621 g/mol. The maximum atomic E-state index is 12.3. The molecule has 1 atom stereocenters. The van der Waals surface area contributed by atoms with Gasteiger partial charge in [-0.1, -0.05) is 66.9 Å². The first-order valence-electron chi connectivity index (χ1n) is 13.2. The molecule has 11 nitrogen and oxygen atoms in total. The van der Waals surface area contributed by atoms with Crippen LogP contribution in [-0.4, -0.2) is 68.9 Å². The van der Waals surface area contributed by atoms with Crippen LogP contribution in [0.4, 0.5) is 10.3 Å². The zero-order chi connectivity index (χ0) is 30.3. The molecule has 0 spiro atoms. The molecule has 0 saturated heterocycles. The van der Waals surface area contributed by atoms with Crippen LogP contribution in [0.25, 0.3) is 0 Å². The van der Waals surface area contributed by atoms with Crippen LogP contribution in [-0.2, 0) is 38.4 Å². The standard InChI is InChI=1S/C22H29N7O2S3.C5H10O2/c1-14(2)19(23-3)20(31)25-22-29-27-18(34-22)10-12-32-11-9-17-26-28-21(33-17)24-16(30)13-15-7-5-4-6-8-15;1-5(2,3)7-4-6/h4-8,14,19,23H,9-13H2,1-3H3,(H,24,28,30)(H,25,29,31);4H,1-3H3. The van der Waals surface area contributed by atoms with Crippen molar-refractivity contribution in [3.8, 4) is 0 Å². The number of ether oxygens (including phenoxy) is 1. The molecular weight excluding hydrogens is 583 g/mol. The Morgan fingerprint density at radius 3 is 1.98 bits per heavy atom. The first-order valence-corrected chi connectivity index (χ1v) is 16.0. The molecule has 0 aliphatic carbocycles. The van der Waals surface area contributed by atoms with Gasteiger partial charge in [0, 0.05) is 12.8 Å². The molecule has 0 saturated carbocycles. The lowest BCUT2D eigenvalue weighted by Crippen LogP contribution is -2.42. The summed E-state index contributed by atoms with van der Waals surface area (Å²) >= 11 is 4.61. The van der Waals surface area contributed by atoms with Crippen LogP contribution in [0.5, 0.6) is 0 Å². The van der Waals surface area contributed by atoms with E-state index in [-0.39, 0.29) is 29.4 Å². The molecule has 41 heavy (non-hydrogen) atoms. The number of anilines is 2. The van der Waals surface area contributed by atoms with Gasteiger partial charge in [-0.05, 0) is 50.8 Å². The van der Waals surface area contributed by atoms with Gasteiger partial charge in [-0.15, -0.1) is 20.4 Å². The summed E-state index contributed by atoms with van der Waals surface area (Å²) in [6, 6.07) is 9.34. The molecule has 0 aliphatic heterocycles. The van der Waals surface area contributed by atoms with E-state index < -0.39 is 0 Å². The Labute approximate surface area is 253 Å². The number of benzene rings is 1. The van der Waals surface area contributed by atoms with Gasteiger partial charge in [0.1, 0.15) is 15.6 Å². The van der Waals surface area contributed by atoms with Gasteiger partial charge in [0.25, 0.3) is 6.47 Å². The average Bonchev–Trinajstić information content (AvgIpc) is 3.53. The fourth-order valence-corrected chi connectivity index (χ4v) is 5.91. The van der Waals surface area contributed by atoms with Gasteiger partial charge < -0.3 is 15.4 Å². The van der Waals surface area contributed by atoms with Crippen molar-refractivity contribution in [2.24, 2.45) is 5.92 Å². The zero-order valence-electron chi connectivity index (χ0n) is 24.3. The van der Waals surface area contributed by atoms with E-state index in [1.165, 1.54) is 22.7 Å². The van der Waals surface area contributed by atoms with Crippen LogP contribution in [0.3, 0.4) is 0 Å². The second-order valence-electron chi connectivity index (χ2n) is 10.2. The number of hydrogen-bond acceptors (Lipinski definition) is 12. The van der Waals surface area contributed by atoms with E-state index in [9.17, 15) is 14.4 Å². The molecular formula is C27H39N7O4S3. The summed E-state index contributed by atoms with van der Waals surface area (Å²) < 4.78 is 4.55. The van der Waals surface area contributed by atoms with Gasteiger partial charge in [0.15, 0.2) is 0 Å². The second kappa shape index (κ2) is 17.8. The number of likely N-dealkylation sites (N-methyl/N-ethyl adjacent to an activating group) is 1. The lowest BCUT2D eigenvalue weighted by Gasteiger charge is -2.18. The summed E-state index contributed by atoms with van der Waals surface area (Å²) in [6.45, 7) is 9.91. The van der Waals surface area contributed by atoms with Crippen LogP contribution in [0, 0.1) is 5.92 Å². The molecule has 2 aromatic heterocycles. The highest BCUT2D eigenvalue weighted by Crippen LogP contribution is 2.20. The van der Waals surface area contributed by atoms with E-state index in [1.54, 1.807) is 18.8 Å². The van der Waals surface area contributed by atoms with E-state index in [0.717, 1.165) is 39.9 Å². The molecule has 14 heteroatoms. The molecule has 2 heterocycles. The molecule has 3 N–H and O–H groups in total. The highest BCUT2D eigenvalue weighted by Gasteiger charge is 2.21. The van der Waals surface area contributed by atoms with Gasteiger partial charge in [-0.25, -0.2) is 0 Å². The molecule has 224 valence electrons. The highest BCUT2D eigenvalue weighted by molar-refractivity contribution is 7.99. The molecule has 2 amide bonds. The topological polar surface area (TPSA) is 148 Å². The van der Waals surface area contributed by atoms with Crippen molar-refractivity contribution >= 4 is 63.0 Å². The minimum atomic E-state index is -0.318. The maximum absolute atomic E-state index is 12.3. The van der Waals surface area contributed by atoms with E-state index in [1.807, 2.05) is 65.0 Å². The van der Waals surface area contributed by atoms with Crippen molar-refractivity contribution in [1.29, 1.82) is 0 Å². The molecule has 3 aromatic rings. The first kappa shape index (κ1) is 34.3. The van der Waals surface area contributed by atoms with Crippen LogP contribution < -0.4 is 16.0 Å². The van der Waals surface area contributed by atoms with Gasteiger partial charge in [-0.3, -0.25) is 19.7 Å². The van der Waals surface area contributed by atoms with Gasteiger partial charge in [0.2, 0.25) is 22.1 Å². The lowest BCUT2D eigenvalue weighted by atomic mass is 10.0. The maximum Gasteiger partial charge on any atom is 0.293 e. The smallest absolute Gasteiger partial charge is 0.293 e. The van der Waals surface area contributed by atoms with Crippen molar-refractivity contribution in [2.75, 3.05) is 29.2 Å². The van der Waals surface area contributed by atoms with E-state index in [4.69, 9.17) is 0 Å². The van der Waals surface area contributed by atoms with Crippen molar-refractivity contribution in [3.05, 3.63) is 45.9 Å². The van der Waals surface area contributed by atoms with Gasteiger partial charge in [-0.2, -0.15) is 11.8 Å². The molecule has 0 radical (unpaired) electrons. The highest BCUT2D eigenvalue weighted by atomic mass is 32.2. The number of nitrogens with zero attached hydrogens (tertiary/aromatic N) is 4. The fourth-order valence-electron chi connectivity index (χ4n) is 3.27. The van der Waals surface area contributed by atoms with Crippen molar-refractivity contribution in [3.63, 3.8) is 0 Å². The van der Waals surface area contributed by atoms with Crippen molar-refractivity contribution in [1.82, 2.24) is 25.7 Å². The predicted octanol–water partition coefficient (Wildman–Crippen LogP) is 4.23. The Balaban J connectivity index is 0.000000745. The van der Waals surface area contributed by atoms with Gasteiger partial charge >= 0.3 is 0 Å². The summed E-state index contributed by atoms with van der Waals surface area (Å²) in [7, 11) is 1.78. The van der Waals surface area contributed by atoms with Crippen LogP contribution in [0.15, 0.2) is 30.3 Å². The third kappa shape index (κ3) is 14.0. The number of amides is 2. The third-order valence-electron chi connectivity index (χ3n) is 5.20. The Morgan fingerprint density at radius 1 is 0.951 bits per heavy atom. The number of aromatic nitrogens is 4. The normalized spacial score (nSPS) is 11.8. The summed E-state index contributed by atoms with van der Waals surface area (Å²) in [5.41, 5.74) is 0.644. The molecule has 1 unspecified atom stereocenters. The van der Waals surface area contributed by atoms with E-state index in [2.05, 4.69) is 41.1 Å². The Morgan fingerprint density at radius 2 is 1.51 bits per heavy atom. The average molecular weight is 622 g/mol. The van der Waals surface area contributed by atoms with Crippen LogP contribution >= 0.6 is 34.4 Å². The van der Waals surface area contributed by atoms with Crippen LogP contribution in [0.2, 0.25) is 0 Å². The fraction of sp³-hybridized carbons (Fsp3) is 0.519. The SMILES string of the molecule is CC(C)(C)OC=O.CNC(C(=O)Nc1nnc(CCSCCc2nnc(NC(=O)Cc3ccccc3)s2)s1)C(C)C. The molecule has 1 aromatic carbocycles. The number of thioether (sulfide) groups is 1. The molecule has 0 fully saturated rings. The van der Waals surface area contributed by atoms with Crippen LogP contribution in [0.1, 0.15) is 50.2 Å². The summed E-state index contributed by atoms with van der Waals surface area (Å²) in [5, 5.41) is 28.0. The summed E-state index contributed by atoms with van der Waals surface area (Å²) in [4.78, 5) is 34.0. The predicted molar refractivity (Wildman–Crippen MR) is 167 cm³/mol. The second-order valence-corrected chi connectivity index (χ2v) is 13.5. The van der Waals surface area contributed by atoms with Gasteiger partial charge in [0.05, 0.1) is 12.5 Å². The van der Waals surface area contributed by atoms with Crippen molar-refractivity contribution < 1.29 is 19.1 Å². The minimum absolute atomic E-state index is 0.0951. The number of aryl methyl sites for hydroxylation is 2. The Kier molecular flexibility index (Phi) is 14.9. The van der Waals surface area contributed by atoms with E-state index in [0.29, 0.717) is 23.2 Å². The Hall–Kier alpha value is -2.94.